The molecule has 134 valence electrons. The predicted molar refractivity (Wildman–Crippen MR) is 89.1 cm³/mol. The Morgan fingerprint density at radius 2 is 1.84 bits per heavy atom. The van der Waals surface area contributed by atoms with Crippen LogP contribution in [0.15, 0.2) is 41.3 Å². The van der Waals surface area contributed by atoms with Crippen LogP contribution in [0.1, 0.15) is 18.5 Å². The fourth-order valence-corrected chi connectivity index (χ4v) is 3.76. The smallest absolute Gasteiger partial charge is 0.241 e. The molecule has 1 aliphatic heterocycles. The van der Waals surface area contributed by atoms with Crippen LogP contribution in [0.2, 0.25) is 0 Å². The van der Waals surface area contributed by atoms with E-state index in [9.17, 15) is 12.8 Å². The van der Waals surface area contributed by atoms with Crippen molar-refractivity contribution in [2.24, 2.45) is 0 Å². The quantitative estimate of drug-likeness (QED) is 0.879. The van der Waals surface area contributed by atoms with E-state index >= 15 is 0 Å². The second-order valence-corrected chi connectivity index (χ2v) is 7.26. The van der Waals surface area contributed by atoms with Crippen molar-refractivity contribution >= 4 is 10.0 Å². The number of nitrogens with one attached hydrogen (secondary N) is 1. The zero-order chi connectivity index (χ0) is 18.0. The molecule has 3 rings (SSSR count). The Balaban J connectivity index is 1.82. The Labute approximate surface area is 145 Å². The van der Waals surface area contributed by atoms with Gasteiger partial charge in [0.2, 0.25) is 10.0 Å². The monoisotopic (exact) mass is 367 g/mol. The van der Waals surface area contributed by atoms with Crippen molar-refractivity contribution in [3.63, 3.8) is 0 Å². The molecule has 25 heavy (non-hydrogen) atoms. The molecule has 0 amide bonds. The van der Waals surface area contributed by atoms with Gasteiger partial charge in [0.25, 0.3) is 0 Å². The van der Waals surface area contributed by atoms with E-state index in [1.807, 2.05) is 0 Å². The molecular formula is C17H18FNO5S. The first-order valence-electron chi connectivity index (χ1n) is 7.66. The molecule has 8 heteroatoms. The second kappa shape index (κ2) is 6.89. The summed E-state index contributed by atoms with van der Waals surface area (Å²) in [6, 6.07) is 8.10. The minimum atomic E-state index is -3.81. The molecule has 0 unspecified atom stereocenters. The standard InChI is InChI=1S/C17H18FNO5S/c1-11(12-3-5-15(22-2)14(18)9-12)19-25(20,21)13-4-6-16-17(10-13)24-8-7-23-16/h3-6,9-11,19H,7-8H2,1-2H3/t11-/m1/s1. The van der Waals surface area contributed by atoms with E-state index in [1.165, 1.54) is 31.4 Å². The van der Waals surface area contributed by atoms with Crippen molar-refractivity contribution in [3.05, 3.63) is 47.8 Å². The summed E-state index contributed by atoms with van der Waals surface area (Å²) in [4.78, 5) is 0.0533. The number of benzene rings is 2. The van der Waals surface area contributed by atoms with E-state index in [0.717, 1.165) is 0 Å². The third kappa shape index (κ3) is 3.69. The third-order valence-electron chi connectivity index (χ3n) is 3.83. The lowest BCUT2D eigenvalue weighted by atomic mass is 10.1. The lowest BCUT2D eigenvalue weighted by Crippen LogP contribution is -2.27. The molecule has 0 aromatic heterocycles. The largest absolute Gasteiger partial charge is 0.494 e. The normalized spacial score (nSPS) is 14.8. The Morgan fingerprint density at radius 3 is 2.52 bits per heavy atom. The van der Waals surface area contributed by atoms with E-state index in [0.29, 0.717) is 30.3 Å². The van der Waals surface area contributed by atoms with Crippen LogP contribution in [0.5, 0.6) is 17.2 Å². The minimum Gasteiger partial charge on any atom is -0.494 e. The number of methoxy groups -OCH3 is 1. The SMILES string of the molecule is COc1ccc([C@@H](C)NS(=O)(=O)c2ccc3c(c2)OCCO3)cc1F. The second-order valence-electron chi connectivity index (χ2n) is 5.54. The molecule has 0 spiro atoms. The summed E-state index contributed by atoms with van der Waals surface area (Å²) in [5, 5.41) is 0. The molecule has 6 nitrogen and oxygen atoms in total. The highest BCUT2D eigenvalue weighted by Gasteiger charge is 2.22. The molecule has 0 radical (unpaired) electrons. The minimum absolute atomic E-state index is 0.0533. The van der Waals surface area contributed by atoms with E-state index in [4.69, 9.17) is 14.2 Å². The molecule has 0 fully saturated rings. The van der Waals surface area contributed by atoms with Gasteiger partial charge in [-0.3, -0.25) is 0 Å². The zero-order valence-corrected chi connectivity index (χ0v) is 14.6. The Kier molecular flexibility index (Phi) is 4.82. The van der Waals surface area contributed by atoms with Gasteiger partial charge in [-0.05, 0) is 36.8 Å². The molecule has 1 heterocycles. The van der Waals surface area contributed by atoms with Gasteiger partial charge < -0.3 is 14.2 Å². The maximum Gasteiger partial charge on any atom is 0.241 e. The van der Waals surface area contributed by atoms with E-state index < -0.39 is 21.9 Å². The van der Waals surface area contributed by atoms with Crippen LogP contribution < -0.4 is 18.9 Å². The number of rotatable bonds is 5. The average Bonchev–Trinajstić information content (AvgIpc) is 2.60. The van der Waals surface area contributed by atoms with Crippen molar-refractivity contribution in [3.8, 4) is 17.2 Å². The summed E-state index contributed by atoms with van der Waals surface area (Å²) in [5.74, 6) is 0.448. The first kappa shape index (κ1) is 17.5. The van der Waals surface area contributed by atoms with Gasteiger partial charge in [0.05, 0.1) is 12.0 Å². The molecule has 2 aromatic carbocycles. The highest BCUT2D eigenvalue weighted by atomic mass is 32.2. The number of hydrogen-bond donors (Lipinski definition) is 1. The van der Waals surface area contributed by atoms with Crippen LogP contribution in [-0.2, 0) is 10.0 Å². The van der Waals surface area contributed by atoms with Crippen LogP contribution in [0.25, 0.3) is 0 Å². The van der Waals surface area contributed by atoms with E-state index in [2.05, 4.69) is 4.72 Å². The number of halogens is 1. The molecule has 1 N–H and O–H groups in total. The summed E-state index contributed by atoms with van der Waals surface area (Å²) in [6.07, 6.45) is 0. The van der Waals surface area contributed by atoms with Crippen molar-refractivity contribution in [1.82, 2.24) is 4.72 Å². The Bertz CT molecular complexity index is 885. The number of ether oxygens (including phenoxy) is 3. The maximum absolute atomic E-state index is 13.8. The van der Waals surface area contributed by atoms with Gasteiger partial charge in [0.1, 0.15) is 13.2 Å². The molecule has 1 aliphatic rings. The summed E-state index contributed by atoms with van der Waals surface area (Å²) >= 11 is 0. The van der Waals surface area contributed by atoms with Gasteiger partial charge in [-0.1, -0.05) is 6.07 Å². The average molecular weight is 367 g/mol. The Hall–Kier alpha value is -2.32. The highest BCUT2D eigenvalue weighted by Crippen LogP contribution is 2.32. The van der Waals surface area contributed by atoms with Crippen LogP contribution in [0, 0.1) is 5.82 Å². The fraction of sp³-hybridized carbons (Fsp3) is 0.294. The molecule has 0 bridgehead atoms. The summed E-state index contributed by atoms with van der Waals surface area (Å²) in [5.41, 5.74) is 0.486. The maximum atomic E-state index is 13.8. The van der Waals surface area contributed by atoms with Gasteiger partial charge in [-0.15, -0.1) is 0 Å². The number of sulfonamides is 1. The molecule has 0 saturated carbocycles. The highest BCUT2D eigenvalue weighted by molar-refractivity contribution is 7.89. The topological polar surface area (TPSA) is 73.9 Å². The lowest BCUT2D eigenvalue weighted by molar-refractivity contribution is 0.171. The lowest BCUT2D eigenvalue weighted by Gasteiger charge is -2.20. The Morgan fingerprint density at radius 1 is 1.12 bits per heavy atom. The first-order valence-corrected chi connectivity index (χ1v) is 9.14. The molecular weight excluding hydrogens is 349 g/mol. The van der Waals surface area contributed by atoms with Crippen LogP contribution >= 0.6 is 0 Å². The zero-order valence-electron chi connectivity index (χ0n) is 13.8. The molecule has 0 aliphatic carbocycles. The van der Waals surface area contributed by atoms with Crippen LogP contribution in [-0.4, -0.2) is 28.7 Å². The van der Waals surface area contributed by atoms with E-state index in [1.54, 1.807) is 19.1 Å². The van der Waals surface area contributed by atoms with Crippen molar-refractivity contribution in [2.45, 2.75) is 17.9 Å². The van der Waals surface area contributed by atoms with Crippen LogP contribution in [0.4, 0.5) is 4.39 Å². The molecule has 0 saturated heterocycles. The van der Waals surface area contributed by atoms with Gasteiger partial charge in [-0.2, -0.15) is 0 Å². The van der Waals surface area contributed by atoms with Gasteiger partial charge >= 0.3 is 0 Å². The number of fused-ring (bicyclic) bond motifs is 1. The third-order valence-corrected chi connectivity index (χ3v) is 5.37. The number of hydrogen-bond acceptors (Lipinski definition) is 5. The van der Waals surface area contributed by atoms with Gasteiger partial charge in [0, 0.05) is 12.1 Å². The summed E-state index contributed by atoms with van der Waals surface area (Å²) in [6.45, 7) is 2.43. The van der Waals surface area contributed by atoms with Crippen molar-refractivity contribution in [1.29, 1.82) is 0 Å². The van der Waals surface area contributed by atoms with Gasteiger partial charge in [-0.25, -0.2) is 17.5 Å². The first-order chi connectivity index (χ1) is 11.9. The molecule has 2 aromatic rings. The fourth-order valence-electron chi connectivity index (χ4n) is 2.51. The van der Waals surface area contributed by atoms with E-state index in [-0.39, 0.29) is 10.6 Å². The molecule has 1 atom stereocenters. The van der Waals surface area contributed by atoms with Crippen molar-refractivity contribution < 1.29 is 27.0 Å². The van der Waals surface area contributed by atoms with Crippen molar-refractivity contribution in [2.75, 3.05) is 20.3 Å². The summed E-state index contributed by atoms with van der Waals surface area (Å²) < 4.78 is 57.2. The van der Waals surface area contributed by atoms with Crippen LogP contribution in [0.3, 0.4) is 0 Å². The summed E-state index contributed by atoms with van der Waals surface area (Å²) in [7, 11) is -2.44. The predicted octanol–water partition coefficient (Wildman–Crippen LogP) is 2.65. The van der Waals surface area contributed by atoms with Gasteiger partial charge in [0.15, 0.2) is 23.1 Å².